The van der Waals surface area contributed by atoms with E-state index in [4.69, 9.17) is 11.5 Å². The van der Waals surface area contributed by atoms with Crippen LogP contribution in [0.4, 0.5) is 5.13 Å². The minimum Gasteiger partial charge on any atom is -0.375 e. The number of nitrogens with two attached hydrogens (primary N) is 2. The molecule has 1 heterocycles. The van der Waals surface area contributed by atoms with Crippen LogP contribution in [0, 0.1) is 0 Å². The molecule has 0 unspecified atom stereocenters. The van der Waals surface area contributed by atoms with Crippen LogP contribution in [0.5, 0.6) is 0 Å². The summed E-state index contributed by atoms with van der Waals surface area (Å²) in [5.74, 6) is 0. The lowest BCUT2D eigenvalue weighted by Gasteiger charge is -1.98. The molecule has 0 fully saturated rings. The van der Waals surface area contributed by atoms with Gasteiger partial charge in [-0.15, -0.1) is 0 Å². The summed E-state index contributed by atoms with van der Waals surface area (Å²) in [5.41, 5.74) is 13.3. The van der Waals surface area contributed by atoms with Gasteiger partial charge in [-0.25, -0.2) is 4.98 Å². The fourth-order valence-corrected chi connectivity index (χ4v) is 1.92. The largest absolute Gasteiger partial charge is 0.375 e. The van der Waals surface area contributed by atoms with Gasteiger partial charge in [0.25, 0.3) is 0 Å². The number of hydrogen-bond acceptors (Lipinski definition) is 4. The standard InChI is InChI=1S/C10H11N3S/c11-5-7-1-3-8(4-2-7)9-6-13-10(12)14-9/h1-4,6H,5,11H2,(H2,12,13). The second kappa shape index (κ2) is 3.77. The predicted octanol–water partition coefficient (Wildman–Crippen LogP) is 1.85. The third-order valence-electron chi connectivity index (χ3n) is 2.00. The summed E-state index contributed by atoms with van der Waals surface area (Å²) in [4.78, 5) is 5.10. The molecule has 0 amide bonds. The highest BCUT2D eigenvalue weighted by Gasteiger charge is 2.01. The maximum absolute atomic E-state index is 5.56. The Hall–Kier alpha value is -1.39. The number of rotatable bonds is 2. The minimum atomic E-state index is 0.575. The molecule has 1 aromatic heterocycles. The molecule has 2 rings (SSSR count). The van der Waals surface area contributed by atoms with E-state index in [1.54, 1.807) is 6.20 Å². The molecule has 0 aliphatic rings. The summed E-state index contributed by atoms with van der Waals surface area (Å²) in [6.07, 6.45) is 1.79. The van der Waals surface area contributed by atoms with Gasteiger partial charge >= 0.3 is 0 Å². The summed E-state index contributed by atoms with van der Waals surface area (Å²) < 4.78 is 0. The fraction of sp³-hybridized carbons (Fsp3) is 0.100. The summed E-state index contributed by atoms with van der Waals surface area (Å²) in [6.45, 7) is 0.575. The SMILES string of the molecule is NCc1ccc(-c2cnc(N)s2)cc1. The fourth-order valence-electron chi connectivity index (χ4n) is 1.23. The molecule has 1 aromatic carbocycles. The zero-order chi connectivity index (χ0) is 9.97. The lowest BCUT2D eigenvalue weighted by atomic mass is 10.1. The summed E-state index contributed by atoms with van der Waals surface area (Å²) in [5, 5.41) is 0.600. The van der Waals surface area contributed by atoms with E-state index in [1.807, 2.05) is 24.3 Å². The molecule has 0 aliphatic heterocycles. The monoisotopic (exact) mass is 205 g/mol. The Morgan fingerprint density at radius 2 is 1.93 bits per heavy atom. The van der Waals surface area contributed by atoms with E-state index in [0.717, 1.165) is 16.0 Å². The molecule has 0 spiro atoms. The quantitative estimate of drug-likeness (QED) is 0.786. The number of anilines is 1. The van der Waals surface area contributed by atoms with E-state index >= 15 is 0 Å². The van der Waals surface area contributed by atoms with Crippen molar-refractivity contribution in [1.82, 2.24) is 4.98 Å². The van der Waals surface area contributed by atoms with Crippen LogP contribution in [0.3, 0.4) is 0 Å². The van der Waals surface area contributed by atoms with Crippen molar-refractivity contribution in [1.29, 1.82) is 0 Å². The van der Waals surface area contributed by atoms with Crippen molar-refractivity contribution >= 4 is 16.5 Å². The van der Waals surface area contributed by atoms with Gasteiger partial charge in [-0.05, 0) is 11.1 Å². The van der Waals surface area contributed by atoms with Crippen LogP contribution in [0.25, 0.3) is 10.4 Å². The number of aromatic nitrogens is 1. The van der Waals surface area contributed by atoms with E-state index in [-0.39, 0.29) is 0 Å². The van der Waals surface area contributed by atoms with Crippen LogP contribution in [-0.2, 0) is 6.54 Å². The highest BCUT2D eigenvalue weighted by atomic mass is 32.1. The first-order valence-electron chi connectivity index (χ1n) is 4.30. The maximum atomic E-state index is 5.56. The van der Waals surface area contributed by atoms with Gasteiger partial charge in [0, 0.05) is 12.7 Å². The second-order valence-electron chi connectivity index (χ2n) is 2.96. The molecule has 0 saturated carbocycles. The smallest absolute Gasteiger partial charge is 0.180 e. The molecule has 0 aliphatic carbocycles. The van der Waals surface area contributed by atoms with Crippen molar-refractivity contribution in [3.63, 3.8) is 0 Å². The Bertz CT molecular complexity index is 419. The first-order chi connectivity index (χ1) is 6.79. The van der Waals surface area contributed by atoms with Gasteiger partial charge in [-0.1, -0.05) is 35.6 Å². The number of nitrogen functional groups attached to an aromatic ring is 1. The van der Waals surface area contributed by atoms with E-state index in [2.05, 4.69) is 4.98 Å². The first kappa shape index (κ1) is 9.18. The molecule has 4 N–H and O–H groups in total. The second-order valence-corrected chi connectivity index (χ2v) is 4.03. The van der Waals surface area contributed by atoms with E-state index < -0.39 is 0 Å². The van der Waals surface area contributed by atoms with Crippen molar-refractivity contribution in [3.05, 3.63) is 36.0 Å². The molecule has 2 aromatic rings. The maximum Gasteiger partial charge on any atom is 0.180 e. The Balaban J connectivity index is 2.33. The van der Waals surface area contributed by atoms with E-state index in [1.165, 1.54) is 11.3 Å². The van der Waals surface area contributed by atoms with Crippen LogP contribution >= 0.6 is 11.3 Å². The molecule has 14 heavy (non-hydrogen) atoms. The predicted molar refractivity (Wildman–Crippen MR) is 59.9 cm³/mol. The van der Waals surface area contributed by atoms with Crippen LogP contribution in [0.15, 0.2) is 30.5 Å². The van der Waals surface area contributed by atoms with Crippen molar-refractivity contribution < 1.29 is 0 Å². The highest BCUT2D eigenvalue weighted by Crippen LogP contribution is 2.27. The molecule has 0 bridgehead atoms. The number of thiazole rings is 1. The van der Waals surface area contributed by atoms with Crippen molar-refractivity contribution in [2.45, 2.75) is 6.54 Å². The van der Waals surface area contributed by atoms with Crippen LogP contribution in [-0.4, -0.2) is 4.98 Å². The van der Waals surface area contributed by atoms with Crippen molar-refractivity contribution in [2.75, 3.05) is 5.73 Å². The molecule has 0 atom stereocenters. The summed E-state index contributed by atoms with van der Waals surface area (Å²) in [6, 6.07) is 8.11. The van der Waals surface area contributed by atoms with Gasteiger partial charge in [-0.2, -0.15) is 0 Å². The Morgan fingerprint density at radius 1 is 1.21 bits per heavy atom. The van der Waals surface area contributed by atoms with Crippen molar-refractivity contribution in [2.24, 2.45) is 5.73 Å². The van der Waals surface area contributed by atoms with Crippen molar-refractivity contribution in [3.8, 4) is 10.4 Å². The molecule has 0 radical (unpaired) electrons. The number of nitrogens with zero attached hydrogens (tertiary/aromatic N) is 1. The van der Waals surface area contributed by atoms with Crippen LogP contribution in [0.2, 0.25) is 0 Å². The zero-order valence-electron chi connectivity index (χ0n) is 7.60. The van der Waals surface area contributed by atoms with Gasteiger partial charge < -0.3 is 11.5 Å². The third kappa shape index (κ3) is 1.76. The Labute approximate surface area is 86.4 Å². The average molecular weight is 205 g/mol. The lowest BCUT2D eigenvalue weighted by molar-refractivity contribution is 1.07. The summed E-state index contributed by atoms with van der Waals surface area (Å²) in [7, 11) is 0. The Kier molecular flexibility index (Phi) is 2.47. The van der Waals surface area contributed by atoms with E-state index in [9.17, 15) is 0 Å². The van der Waals surface area contributed by atoms with Gasteiger partial charge in [0.05, 0.1) is 4.88 Å². The van der Waals surface area contributed by atoms with Crippen LogP contribution < -0.4 is 11.5 Å². The van der Waals surface area contributed by atoms with Gasteiger partial charge in [0.15, 0.2) is 5.13 Å². The first-order valence-corrected chi connectivity index (χ1v) is 5.12. The van der Waals surface area contributed by atoms with Crippen LogP contribution in [0.1, 0.15) is 5.56 Å². The lowest BCUT2D eigenvalue weighted by Crippen LogP contribution is -1.94. The van der Waals surface area contributed by atoms with Gasteiger partial charge in [0.2, 0.25) is 0 Å². The molecule has 3 nitrogen and oxygen atoms in total. The summed E-state index contributed by atoms with van der Waals surface area (Å²) >= 11 is 1.49. The average Bonchev–Trinajstić information content (AvgIpc) is 2.65. The number of benzene rings is 1. The zero-order valence-corrected chi connectivity index (χ0v) is 8.42. The minimum absolute atomic E-state index is 0.575. The van der Waals surface area contributed by atoms with Gasteiger partial charge in [-0.3, -0.25) is 0 Å². The molecule has 0 saturated heterocycles. The van der Waals surface area contributed by atoms with E-state index in [0.29, 0.717) is 11.7 Å². The molecular weight excluding hydrogens is 194 g/mol. The molecular formula is C10H11N3S. The molecule has 72 valence electrons. The molecule has 4 heteroatoms. The topological polar surface area (TPSA) is 64.9 Å². The normalized spacial score (nSPS) is 10.4. The van der Waals surface area contributed by atoms with Gasteiger partial charge in [0.1, 0.15) is 0 Å². The highest BCUT2D eigenvalue weighted by molar-refractivity contribution is 7.18. The Morgan fingerprint density at radius 3 is 2.43 bits per heavy atom. The third-order valence-corrected chi connectivity index (χ3v) is 2.87. The number of hydrogen-bond donors (Lipinski definition) is 2.